The van der Waals surface area contributed by atoms with Crippen molar-refractivity contribution in [1.82, 2.24) is 0 Å². The maximum Gasteiger partial charge on any atom is 0.320 e. The van der Waals surface area contributed by atoms with Gasteiger partial charge in [-0.25, -0.2) is 14.5 Å². The molecule has 0 bridgehead atoms. The molecule has 0 spiro atoms. The van der Waals surface area contributed by atoms with E-state index in [0.29, 0.717) is 24.3 Å². The molecular weight excluding hydrogens is 130 g/mol. The van der Waals surface area contributed by atoms with E-state index in [1.807, 2.05) is 0 Å². The topological polar surface area (TPSA) is 38.6 Å². The molecule has 1 heterocycles. The van der Waals surface area contributed by atoms with Gasteiger partial charge < -0.3 is 0 Å². The standard InChI is InChI=1S/C7H9NO2/c1-2-5-8-6(9)3-4-7(8)10/h2H,1,3-5H2/p+1. The van der Waals surface area contributed by atoms with Gasteiger partial charge in [-0.15, -0.1) is 0 Å². The number of carbonyl (C=O) groups excluding carboxylic acids is 2. The summed E-state index contributed by atoms with van der Waals surface area (Å²) in [5.74, 6) is 0.00907. The van der Waals surface area contributed by atoms with Crippen molar-refractivity contribution in [3.05, 3.63) is 12.7 Å². The second kappa shape index (κ2) is 2.75. The summed E-state index contributed by atoms with van der Waals surface area (Å²) in [6.07, 6.45) is 2.40. The summed E-state index contributed by atoms with van der Waals surface area (Å²) in [7, 11) is 0. The Bertz CT molecular complexity index is 170. The normalized spacial score (nSPS) is 20.0. The lowest BCUT2D eigenvalue weighted by molar-refractivity contribution is -0.724. The highest BCUT2D eigenvalue weighted by molar-refractivity contribution is 5.88. The lowest BCUT2D eigenvalue weighted by Gasteiger charge is -2.01. The molecule has 0 aromatic heterocycles. The summed E-state index contributed by atoms with van der Waals surface area (Å²) in [5, 5.41) is 0. The van der Waals surface area contributed by atoms with Gasteiger partial charge in [0.25, 0.3) is 0 Å². The number of rotatable bonds is 2. The Labute approximate surface area is 59.3 Å². The minimum Gasteiger partial charge on any atom is -0.230 e. The molecule has 10 heavy (non-hydrogen) atoms. The van der Waals surface area contributed by atoms with Gasteiger partial charge in [0.2, 0.25) is 0 Å². The van der Waals surface area contributed by atoms with Crippen LogP contribution in [0.2, 0.25) is 0 Å². The van der Waals surface area contributed by atoms with Crippen LogP contribution in [-0.2, 0) is 9.59 Å². The molecule has 1 fully saturated rings. The molecule has 0 aliphatic carbocycles. The number of nitrogens with one attached hydrogen (secondary N) is 1. The molecular formula is C7H10NO2+. The van der Waals surface area contributed by atoms with Gasteiger partial charge >= 0.3 is 11.8 Å². The largest absolute Gasteiger partial charge is 0.320 e. The van der Waals surface area contributed by atoms with Gasteiger partial charge in [0.15, 0.2) is 0 Å². The fourth-order valence-electron chi connectivity index (χ4n) is 1.06. The highest BCUT2D eigenvalue weighted by Crippen LogP contribution is 1.91. The quantitative estimate of drug-likeness (QED) is 0.391. The third-order valence-electron chi connectivity index (χ3n) is 1.60. The highest BCUT2D eigenvalue weighted by Gasteiger charge is 2.33. The van der Waals surface area contributed by atoms with Crippen LogP contribution in [0.4, 0.5) is 0 Å². The maximum atomic E-state index is 10.9. The predicted molar refractivity (Wildman–Crippen MR) is 35.3 cm³/mol. The number of amides is 2. The molecule has 1 rings (SSSR count). The summed E-state index contributed by atoms with van der Waals surface area (Å²) >= 11 is 0. The molecule has 0 unspecified atom stereocenters. The first-order chi connectivity index (χ1) is 4.75. The smallest absolute Gasteiger partial charge is 0.230 e. The number of likely N-dealkylation sites (tertiary alicyclic amines) is 1. The summed E-state index contributed by atoms with van der Waals surface area (Å²) in [6, 6.07) is 0. The minimum absolute atomic E-state index is 0.00454. The van der Waals surface area contributed by atoms with Crippen molar-refractivity contribution < 1.29 is 14.5 Å². The van der Waals surface area contributed by atoms with Crippen LogP contribution in [0.25, 0.3) is 0 Å². The fraction of sp³-hybridized carbons (Fsp3) is 0.429. The van der Waals surface area contributed by atoms with Crippen molar-refractivity contribution in [2.75, 3.05) is 6.54 Å². The van der Waals surface area contributed by atoms with Gasteiger partial charge in [0.05, 0.1) is 12.8 Å². The van der Waals surface area contributed by atoms with Crippen molar-refractivity contribution in [1.29, 1.82) is 0 Å². The molecule has 1 N–H and O–H groups in total. The molecule has 1 aliphatic heterocycles. The summed E-state index contributed by atoms with van der Waals surface area (Å²) in [5.41, 5.74) is 0. The summed E-state index contributed by atoms with van der Waals surface area (Å²) in [4.78, 5) is 22.2. The van der Waals surface area contributed by atoms with E-state index >= 15 is 0 Å². The van der Waals surface area contributed by atoms with E-state index in [9.17, 15) is 9.59 Å². The van der Waals surface area contributed by atoms with Crippen LogP contribution in [0.1, 0.15) is 12.8 Å². The number of imide groups is 1. The third kappa shape index (κ3) is 1.14. The monoisotopic (exact) mass is 140 g/mol. The molecule has 3 nitrogen and oxygen atoms in total. The minimum atomic E-state index is 0.00454. The Morgan fingerprint density at radius 1 is 1.40 bits per heavy atom. The van der Waals surface area contributed by atoms with Crippen LogP contribution in [0.15, 0.2) is 12.7 Å². The number of quaternary nitrogens is 1. The average molecular weight is 140 g/mol. The lowest BCUT2D eigenvalue weighted by atomic mass is 10.4. The van der Waals surface area contributed by atoms with E-state index in [2.05, 4.69) is 6.58 Å². The van der Waals surface area contributed by atoms with Gasteiger partial charge in [0.1, 0.15) is 6.54 Å². The summed E-state index contributed by atoms with van der Waals surface area (Å²) < 4.78 is 0. The predicted octanol–water partition coefficient (Wildman–Crippen LogP) is -1.10. The second-order valence-electron chi connectivity index (χ2n) is 2.32. The Hall–Kier alpha value is -0.960. The van der Waals surface area contributed by atoms with Gasteiger partial charge in [-0.05, 0) is 6.08 Å². The van der Waals surface area contributed by atoms with Gasteiger partial charge in [-0.3, -0.25) is 0 Å². The van der Waals surface area contributed by atoms with Gasteiger partial charge in [0, 0.05) is 0 Å². The number of hydrogen-bond donors (Lipinski definition) is 1. The lowest BCUT2D eigenvalue weighted by Crippen LogP contribution is -3.14. The van der Waals surface area contributed by atoms with Crippen LogP contribution in [0, 0.1) is 0 Å². The van der Waals surface area contributed by atoms with Gasteiger partial charge in [-0.1, -0.05) is 6.58 Å². The number of hydrogen-bond acceptors (Lipinski definition) is 2. The maximum absolute atomic E-state index is 10.9. The Kier molecular flexibility index (Phi) is 1.97. The molecule has 2 amide bonds. The Balaban J connectivity index is 2.62. The van der Waals surface area contributed by atoms with E-state index in [0.717, 1.165) is 0 Å². The van der Waals surface area contributed by atoms with Crippen LogP contribution >= 0.6 is 0 Å². The molecule has 0 saturated carbocycles. The second-order valence-corrected chi connectivity index (χ2v) is 2.32. The van der Waals surface area contributed by atoms with E-state index < -0.39 is 0 Å². The van der Waals surface area contributed by atoms with Crippen LogP contribution in [-0.4, -0.2) is 18.4 Å². The first-order valence-electron chi connectivity index (χ1n) is 3.29. The van der Waals surface area contributed by atoms with E-state index in [1.165, 1.54) is 0 Å². The van der Waals surface area contributed by atoms with Crippen LogP contribution in [0.5, 0.6) is 0 Å². The zero-order valence-electron chi connectivity index (χ0n) is 5.72. The Morgan fingerprint density at radius 3 is 2.30 bits per heavy atom. The van der Waals surface area contributed by atoms with Crippen molar-refractivity contribution in [2.45, 2.75) is 12.8 Å². The molecule has 1 aliphatic rings. The van der Waals surface area contributed by atoms with Crippen molar-refractivity contribution in [3.63, 3.8) is 0 Å². The van der Waals surface area contributed by atoms with Crippen molar-refractivity contribution in [3.8, 4) is 0 Å². The van der Waals surface area contributed by atoms with Crippen LogP contribution < -0.4 is 4.90 Å². The molecule has 54 valence electrons. The molecule has 0 aromatic carbocycles. The van der Waals surface area contributed by atoms with Crippen molar-refractivity contribution in [2.24, 2.45) is 0 Å². The molecule has 0 atom stereocenters. The molecule has 3 heteroatoms. The highest BCUT2D eigenvalue weighted by atomic mass is 16.2. The average Bonchev–Trinajstić information content (AvgIpc) is 2.20. The zero-order chi connectivity index (χ0) is 7.56. The fourth-order valence-corrected chi connectivity index (χ4v) is 1.06. The SMILES string of the molecule is C=CC[NH+]1C(=O)CCC1=O. The first-order valence-corrected chi connectivity index (χ1v) is 3.29. The van der Waals surface area contributed by atoms with Crippen LogP contribution in [0.3, 0.4) is 0 Å². The Morgan fingerprint density at radius 2 is 1.90 bits per heavy atom. The molecule has 1 saturated heterocycles. The van der Waals surface area contributed by atoms with E-state index in [1.54, 1.807) is 6.08 Å². The zero-order valence-corrected chi connectivity index (χ0v) is 5.72. The number of carbonyl (C=O) groups is 2. The van der Waals surface area contributed by atoms with E-state index in [4.69, 9.17) is 0 Å². The van der Waals surface area contributed by atoms with Crippen molar-refractivity contribution >= 4 is 11.8 Å². The third-order valence-corrected chi connectivity index (χ3v) is 1.60. The summed E-state index contributed by atoms with van der Waals surface area (Å²) in [6.45, 7) is 3.91. The van der Waals surface area contributed by atoms with E-state index in [-0.39, 0.29) is 11.8 Å². The molecule has 0 radical (unpaired) electrons. The first kappa shape index (κ1) is 7.15. The van der Waals surface area contributed by atoms with Gasteiger partial charge in [-0.2, -0.15) is 0 Å². The molecule has 0 aromatic rings.